The van der Waals surface area contributed by atoms with Crippen LogP contribution in [0.3, 0.4) is 0 Å². The number of rotatable bonds is 5. The maximum Gasteiger partial charge on any atom is 0.329 e. The molecule has 0 amide bonds. The van der Waals surface area contributed by atoms with E-state index in [0.717, 1.165) is 39.1 Å². The average molecular weight is 229 g/mol. The summed E-state index contributed by atoms with van der Waals surface area (Å²) in [6, 6.07) is 0. The fraction of sp³-hybridized carbons (Fsp3) is 0.909. The molecule has 92 valence electrons. The molecule has 5 nitrogen and oxygen atoms in total. The number of ether oxygens (including phenoxy) is 2. The van der Waals surface area contributed by atoms with Gasteiger partial charge in [0.05, 0.1) is 11.7 Å². The summed E-state index contributed by atoms with van der Waals surface area (Å²) < 4.78 is 10.9. The maximum atomic E-state index is 10.4. The third-order valence-electron chi connectivity index (χ3n) is 3.15. The smallest absolute Gasteiger partial charge is 0.329 e. The largest absolute Gasteiger partial charge is 0.480 e. The summed E-state index contributed by atoms with van der Waals surface area (Å²) in [5.41, 5.74) is -0.281. The van der Waals surface area contributed by atoms with E-state index in [2.05, 4.69) is 4.90 Å². The molecule has 0 spiro atoms. The van der Waals surface area contributed by atoms with Crippen molar-refractivity contribution in [2.45, 2.75) is 31.5 Å². The first-order chi connectivity index (χ1) is 7.57. The van der Waals surface area contributed by atoms with Gasteiger partial charge in [-0.2, -0.15) is 0 Å². The summed E-state index contributed by atoms with van der Waals surface area (Å²) >= 11 is 0. The minimum atomic E-state index is -0.904. The molecule has 0 bridgehead atoms. The number of hydrogen-bond acceptors (Lipinski definition) is 4. The first-order valence-electron chi connectivity index (χ1n) is 5.77. The van der Waals surface area contributed by atoms with Crippen molar-refractivity contribution in [3.8, 4) is 0 Å². The van der Waals surface area contributed by atoms with Gasteiger partial charge in [-0.05, 0) is 19.8 Å². The molecule has 1 unspecified atom stereocenters. The quantitative estimate of drug-likeness (QED) is 0.736. The fourth-order valence-electron chi connectivity index (χ4n) is 2.43. The molecule has 0 aromatic heterocycles. The molecule has 2 aliphatic rings. The molecular formula is C11H19NO4. The molecule has 0 saturated carbocycles. The monoisotopic (exact) mass is 229 g/mol. The van der Waals surface area contributed by atoms with Crippen molar-refractivity contribution in [1.29, 1.82) is 0 Å². The molecule has 2 heterocycles. The van der Waals surface area contributed by atoms with Crippen LogP contribution in [0.5, 0.6) is 0 Å². The SMILES string of the molecule is CC1(OCC(=O)O)CN(CC2CCCO2)C1. The van der Waals surface area contributed by atoms with Gasteiger partial charge in [0, 0.05) is 26.2 Å². The lowest BCUT2D eigenvalue weighted by Crippen LogP contribution is -2.62. The van der Waals surface area contributed by atoms with Crippen molar-refractivity contribution in [2.75, 3.05) is 32.8 Å². The van der Waals surface area contributed by atoms with Crippen LogP contribution in [-0.2, 0) is 14.3 Å². The lowest BCUT2D eigenvalue weighted by atomic mass is 9.95. The van der Waals surface area contributed by atoms with E-state index in [1.165, 1.54) is 0 Å². The summed E-state index contributed by atoms with van der Waals surface area (Å²) in [6.45, 7) is 5.20. The van der Waals surface area contributed by atoms with E-state index in [-0.39, 0.29) is 12.2 Å². The van der Waals surface area contributed by atoms with Crippen molar-refractivity contribution in [1.82, 2.24) is 4.90 Å². The Morgan fingerprint density at radius 2 is 2.38 bits per heavy atom. The lowest BCUT2D eigenvalue weighted by Gasteiger charge is -2.48. The Morgan fingerprint density at radius 1 is 1.62 bits per heavy atom. The van der Waals surface area contributed by atoms with Gasteiger partial charge in [-0.15, -0.1) is 0 Å². The molecule has 1 N–H and O–H groups in total. The van der Waals surface area contributed by atoms with Crippen LogP contribution in [0.2, 0.25) is 0 Å². The molecule has 2 saturated heterocycles. The van der Waals surface area contributed by atoms with Crippen molar-refractivity contribution >= 4 is 5.97 Å². The minimum absolute atomic E-state index is 0.204. The molecule has 2 rings (SSSR count). The first-order valence-corrected chi connectivity index (χ1v) is 5.77. The molecule has 0 radical (unpaired) electrons. The number of carboxylic acid groups (broad SMARTS) is 1. The van der Waals surface area contributed by atoms with Crippen molar-refractivity contribution in [3.05, 3.63) is 0 Å². The van der Waals surface area contributed by atoms with Gasteiger partial charge in [-0.3, -0.25) is 4.90 Å². The lowest BCUT2D eigenvalue weighted by molar-refractivity contribution is -0.167. The van der Waals surface area contributed by atoms with Crippen molar-refractivity contribution in [3.63, 3.8) is 0 Å². The van der Waals surface area contributed by atoms with Crippen molar-refractivity contribution < 1.29 is 19.4 Å². The second-order valence-corrected chi connectivity index (χ2v) is 4.94. The minimum Gasteiger partial charge on any atom is -0.480 e. The van der Waals surface area contributed by atoms with Gasteiger partial charge in [0.2, 0.25) is 0 Å². The molecule has 0 aromatic carbocycles. The van der Waals surface area contributed by atoms with Crippen LogP contribution in [0.1, 0.15) is 19.8 Å². The predicted molar refractivity (Wildman–Crippen MR) is 57.4 cm³/mol. The number of carboxylic acids is 1. The second kappa shape index (κ2) is 4.69. The third kappa shape index (κ3) is 2.93. The zero-order valence-electron chi connectivity index (χ0n) is 9.65. The molecule has 1 atom stereocenters. The van der Waals surface area contributed by atoms with Gasteiger partial charge >= 0.3 is 5.97 Å². The highest BCUT2D eigenvalue weighted by molar-refractivity contribution is 5.68. The Balaban J connectivity index is 1.65. The van der Waals surface area contributed by atoms with Crippen LogP contribution in [0.25, 0.3) is 0 Å². The van der Waals surface area contributed by atoms with Gasteiger partial charge in [-0.1, -0.05) is 0 Å². The van der Waals surface area contributed by atoms with Gasteiger partial charge in [0.1, 0.15) is 6.61 Å². The number of aliphatic carboxylic acids is 1. The number of carbonyl (C=O) groups is 1. The standard InChI is InChI=1S/C11H19NO4/c1-11(16-6-10(13)14)7-12(8-11)5-9-3-2-4-15-9/h9H,2-8H2,1H3,(H,13,14). The van der Waals surface area contributed by atoms with E-state index >= 15 is 0 Å². The van der Waals surface area contributed by atoms with Crippen LogP contribution in [0, 0.1) is 0 Å². The number of hydrogen-bond donors (Lipinski definition) is 1. The van der Waals surface area contributed by atoms with E-state index in [1.54, 1.807) is 0 Å². The highest BCUT2D eigenvalue weighted by Crippen LogP contribution is 2.26. The number of likely N-dealkylation sites (tertiary alicyclic amines) is 1. The van der Waals surface area contributed by atoms with Crippen LogP contribution in [0.4, 0.5) is 0 Å². The van der Waals surface area contributed by atoms with Gasteiger partial charge in [0.25, 0.3) is 0 Å². The van der Waals surface area contributed by atoms with Crippen LogP contribution in [0.15, 0.2) is 0 Å². The maximum absolute atomic E-state index is 10.4. The molecular weight excluding hydrogens is 210 g/mol. The zero-order chi connectivity index (χ0) is 11.6. The molecule has 5 heteroatoms. The Labute approximate surface area is 95.3 Å². The predicted octanol–water partition coefficient (Wildman–Crippen LogP) is 0.341. The highest BCUT2D eigenvalue weighted by atomic mass is 16.5. The Bertz CT molecular complexity index is 257. The molecule has 2 fully saturated rings. The molecule has 16 heavy (non-hydrogen) atoms. The Kier molecular flexibility index (Phi) is 3.47. The third-order valence-corrected chi connectivity index (χ3v) is 3.15. The summed E-state index contributed by atoms with van der Waals surface area (Å²) in [5, 5.41) is 8.53. The molecule has 0 aliphatic carbocycles. The van der Waals surface area contributed by atoms with E-state index in [9.17, 15) is 4.79 Å². The van der Waals surface area contributed by atoms with E-state index in [0.29, 0.717) is 6.10 Å². The van der Waals surface area contributed by atoms with E-state index in [4.69, 9.17) is 14.6 Å². The van der Waals surface area contributed by atoms with E-state index in [1.807, 2.05) is 6.92 Å². The van der Waals surface area contributed by atoms with Gasteiger partial charge in [0.15, 0.2) is 0 Å². The average Bonchev–Trinajstić information content (AvgIpc) is 2.65. The number of nitrogens with zero attached hydrogens (tertiary/aromatic N) is 1. The fourth-order valence-corrected chi connectivity index (χ4v) is 2.43. The summed E-state index contributed by atoms with van der Waals surface area (Å²) in [5.74, 6) is -0.904. The highest BCUT2D eigenvalue weighted by Gasteiger charge is 2.41. The first kappa shape index (κ1) is 11.8. The van der Waals surface area contributed by atoms with Gasteiger partial charge in [-0.25, -0.2) is 4.79 Å². The summed E-state index contributed by atoms with van der Waals surface area (Å²) in [4.78, 5) is 12.6. The summed E-state index contributed by atoms with van der Waals surface area (Å²) in [7, 11) is 0. The molecule has 0 aromatic rings. The second-order valence-electron chi connectivity index (χ2n) is 4.94. The Hall–Kier alpha value is -0.650. The van der Waals surface area contributed by atoms with Gasteiger partial charge < -0.3 is 14.6 Å². The zero-order valence-corrected chi connectivity index (χ0v) is 9.65. The molecule has 2 aliphatic heterocycles. The van der Waals surface area contributed by atoms with Crippen LogP contribution in [-0.4, -0.2) is 60.5 Å². The van der Waals surface area contributed by atoms with E-state index < -0.39 is 5.97 Å². The van der Waals surface area contributed by atoms with Crippen molar-refractivity contribution in [2.24, 2.45) is 0 Å². The van der Waals surface area contributed by atoms with Crippen LogP contribution >= 0.6 is 0 Å². The van der Waals surface area contributed by atoms with Crippen LogP contribution < -0.4 is 0 Å². The Morgan fingerprint density at radius 3 is 2.94 bits per heavy atom. The summed E-state index contributed by atoms with van der Waals surface area (Å²) in [6.07, 6.45) is 2.66. The topological polar surface area (TPSA) is 59.0 Å². The normalized spacial score (nSPS) is 28.9.